The third-order valence-corrected chi connectivity index (χ3v) is 3.33. The summed E-state index contributed by atoms with van der Waals surface area (Å²) in [6.45, 7) is 3.75. The van der Waals surface area contributed by atoms with Gasteiger partial charge in [0, 0.05) is 5.56 Å². The third kappa shape index (κ3) is 1.78. The summed E-state index contributed by atoms with van der Waals surface area (Å²) >= 11 is 0. The van der Waals surface area contributed by atoms with Crippen molar-refractivity contribution in [1.29, 1.82) is 0 Å². The van der Waals surface area contributed by atoms with Crippen LogP contribution in [-0.4, -0.2) is 5.11 Å². The zero-order valence-corrected chi connectivity index (χ0v) is 9.31. The molecule has 1 fully saturated rings. The van der Waals surface area contributed by atoms with Gasteiger partial charge in [0.25, 0.3) is 0 Å². The quantitative estimate of drug-likeness (QED) is 0.751. The molecule has 0 bridgehead atoms. The first-order valence-electron chi connectivity index (χ1n) is 5.52. The van der Waals surface area contributed by atoms with Crippen LogP contribution in [-0.2, 0) is 5.60 Å². The number of aliphatic hydroxyl groups is 1. The van der Waals surface area contributed by atoms with Gasteiger partial charge in [0.05, 0.1) is 5.60 Å². The number of hydrogen-bond donors (Lipinski definition) is 1. The van der Waals surface area contributed by atoms with Crippen LogP contribution in [0.2, 0.25) is 0 Å². The number of benzene rings is 1. The first kappa shape index (κ1) is 10.6. The number of aryl methyl sites for hydroxylation is 2. The van der Waals surface area contributed by atoms with Crippen molar-refractivity contribution in [2.75, 3.05) is 0 Å². The first-order chi connectivity index (χ1) is 7.03. The Bertz CT molecular complexity index is 355. The highest BCUT2D eigenvalue weighted by Crippen LogP contribution is 2.41. The number of hydrogen-bond acceptors (Lipinski definition) is 1. The first-order valence-corrected chi connectivity index (χ1v) is 5.52. The van der Waals surface area contributed by atoms with E-state index in [9.17, 15) is 9.50 Å². The van der Waals surface area contributed by atoms with Crippen molar-refractivity contribution in [3.05, 3.63) is 34.6 Å². The second-order valence-electron chi connectivity index (χ2n) is 4.68. The van der Waals surface area contributed by atoms with Crippen molar-refractivity contribution in [1.82, 2.24) is 0 Å². The molecule has 0 radical (unpaired) electrons. The smallest absolute Gasteiger partial charge is 0.129 e. The van der Waals surface area contributed by atoms with E-state index in [2.05, 4.69) is 0 Å². The van der Waals surface area contributed by atoms with Crippen molar-refractivity contribution in [3.8, 4) is 0 Å². The highest BCUT2D eigenvalue weighted by atomic mass is 19.1. The Kier molecular flexibility index (Phi) is 2.55. The van der Waals surface area contributed by atoms with Gasteiger partial charge in [-0.05, 0) is 43.9 Å². The molecule has 82 valence electrons. The van der Waals surface area contributed by atoms with Crippen molar-refractivity contribution >= 4 is 0 Å². The fraction of sp³-hybridized carbons (Fsp3) is 0.538. The molecule has 1 saturated carbocycles. The largest absolute Gasteiger partial charge is 0.385 e. The molecule has 2 heteroatoms. The Morgan fingerprint density at radius 1 is 1.20 bits per heavy atom. The molecule has 0 amide bonds. The zero-order valence-electron chi connectivity index (χ0n) is 9.31. The summed E-state index contributed by atoms with van der Waals surface area (Å²) in [6, 6.07) is 3.45. The molecule has 0 atom stereocenters. The predicted molar refractivity (Wildman–Crippen MR) is 58.2 cm³/mol. The van der Waals surface area contributed by atoms with Crippen molar-refractivity contribution in [2.45, 2.75) is 45.1 Å². The summed E-state index contributed by atoms with van der Waals surface area (Å²) in [5, 5.41) is 10.4. The van der Waals surface area contributed by atoms with E-state index in [1.165, 1.54) is 6.07 Å². The highest BCUT2D eigenvalue weighted by Gasteiger charge is 2.36. The minimum atomic E-state index is -0.915. The molecule has 0 unspecified atom stereocenters. The predicted octanol–water partition coefficient (Wildman–Crippen LogP) is 3.20. The van der Waals surface area contributed by atoms with Crippen LogP contribution in [0.15, 0.2) is 12.1 Å². The Hall–Kier alpha value is -0.890. The molecule has 1 N–H and O–H groups in total. The molecule has 1 aromatic rings. The number of rotatable bonds is 1. The van der Waals surface area contributed by atoms with E-state index in [0.29, 0.717) is 18.4 Å². The second kappa shape index (κ2) is 3.60. The van der Waals surface area contributed by atoms with Gasteiger partial charge in [0.1, 0.15) is 5.82 Å². The maximum atomic E-state index is 13.8. The lowest BCUT2D eigenvalue weighted by molar-refractivity contribution is 0.0401. The lowest BCUT2D eigenvalue weighted by atomic mass is 9.87. The van der Waals surface area contributed by atoms with Crippen LogP contribution in [0.1, 0.15) is 42.4 Å². The van der Waals surface area contributed by atoms with E-state index in [-0.39, 0.29) is 5.82 Å². The van der Waals surface area contributed by atoms with Crippen molar-refractivity contribution in [2.24, 2.45) is 0 Å². The van der Waals surface area contributed by atoms with Gasteiger partial charge in [-0.25, -0.2) is 4.39 Å². The van der Waals surface area contributed by atoms with E-state index in [1.807, 2.05) is 19.9 Å². The molecule has 2 rings (SSSR count). The standard InChI is InChI=1S/C13H17FO/c1-9-7-10(2)12(11(14)8-9)13(15)5-3-4-6-13/h7-8,15H,3-6H2,1-2H3. The fourth-order valence-corrected chi connectivity index (χ4v) is 2.71. The average molecular weight is 208 g/mol. The van der Waals surface area contributed by atoms with Gasteiger partial charge in [-0.3, -0.25) is 0 Å². The van der Waals surface area contributed by atoms with Gasteiger partial charge in [-0.2, -0.15) is 0 Å². The van der Waals surface area contributed by atoms with Gasteiger partial charge < -0.3 is 5.11 Å². The summed E-state index contributed by atoms with van der Waals surface area (Å²) in [6.07, 6.45) is 3.36. The van der Waals surface area contributed by atoms with Gasteiger partial charge >= 0.3 is 0 Å². The van der Waals surface area contributed by atoms with Gasteiger partial charge in [-0.1, -0.05) is 18.9 Å². The molecule has 1 nitrogen and oxygen atoms in total. The zero-order chi connectivity index (χ0) is 11.1. The van der Waals surface area contributed by atoms with Crippen LogP contribution in [0, 0.1) is 19.7 Å². The SMILES string of the molecule is Cc1cc(C)c(C2(O)CCCC2)c(F)c1. The second-order valence-corrected chi connectivity index (χ2v) is 4.68. The molecular formula is C13H17FO. The molecule has 0 spiro atoms. The van der Waals surface area contributed by atoms with Crippen LogP contribution >= 0.6 is 0 Å². The molecule has 15 heavy (non-hydrogen) atoms. The summed E-state index contributed by atoms with van der Waals surface area (Å²) in [5.41, 5.74) is 1.39. The molecule has 0 aromatic heterocycles. The van der Waals surface area contributed by atoms with Crippen molar-refractivity contribution in [3.63, 3.8) is 0 Å². The van der Waals surface area contributed by atoms with Crippen LogP contribution in [0.25, 0.3) is 0 Å². The van der Waals surface area contributed by atoms with E-state index in [1.54, 1.807) is 0 Å². The van der Waals surface area contributed by atoms with Gasteiger partial charge in [0.15, 0.2) is 0 Å². The lowest BCUT2D eigenvalue weighted by Crippen LogP contribution is -2.24. The Labute approximate surface area is 89.9 Å². The summed E-state index contributed by atoms with van der Waals surface area (Å²) < 4.78 is 13.8. The van der Waals surface area contributed by atoms with Crippen LogP contribution < -0.4 is 0 Å². The molecule has 0 aliphatic heterocycles. The lowest BCUT2D eigenvalue weighted by Gasteiger charge is -2.25. The maximum Gasteiger partial charge on any atom is 0.129 e. The van der Waals surface area contributed by atoms with E-state index in [4.69, 9.17) is 0 Å². The average Bonchev–Trinajstić information content (AvgIpc) is 2.50. The topological polar surface area (TPSA) is 20.2 Å². The highest BCUT2D eigenvalue weighted by molar-refractivity contribution is 5.36. The number of halogens is 1. The minimum absolute atomic E-state index is 0.253. The van der Waals surface area contributed by atoms with Crippen LogP contribution in [0.5, 0.6) is 0 Å². The molecule has 1 aromatic carbocycles. The third-order valence-electron chi connectivity index (χ3n) is 3.33. The summed E-state index contributed by atoms with van der Waals surface area (Å²) in [5.74, 6) is -0.253. The van der Waals surface area contributed by atoms with Crippen LogP contribution in [0.4, 0.5) is 4.39 Å². The minimum Gasteiger partial charge on any atom is -0.385 e. The van der Waals surface area contributed by atoms with Crippen LogP contribution in [0.3, 0.4) is 0 Å². The van der Waals surface area contributed by atoms with Gasteiger partial charge in [-0.15, -0.1) is 0 Å². The molecule has 1 aliphatic rings. The van der Waals surface area contributed by atoms with Gasteiger partial charge in [0.2, 0.25) is 0 Å². The molecule has 1 aliphatic carbocycles. The summed E-state index contributed by atoms with van der Waals surface area (Å²) in [7, 11) is 0. The monoisotopic (exact) mass is 208 g/mol. The normalized spacial score (nSPS) is 19.5. The van der Waals surface area contributed by atoms with Crippen molar-refractivity contribution < 1.29 is 9.50 Å². The summed E-state index contributed by atoms with van der Waals surface area (Å²) in [4.78, 5) is 0. The van der Waals surface area contributed by atoms with E-state index in [0.717, 1.165) is 24.0 Å². The Morgan fingerprint density at radius 2 is 1.80 bits per heavy atom. The molecular weight excluding hydrogens is 191 g/mol. The van der Waals surface area contributed by atoms with E-state index >= 15 is 0 Å². The fourth-order valence-electron chi connectivity index (χ4n) is 2.71. The Balaban J connectivity index is 2.52. The molecule has 0 saturated heterocycles. The Morgan fingerprint density at radius 3 is 2.33 bits per heavy atom. The van der Waals surface area contributed by atoms with E-state index < -0.39 is 5.60 Å². The maximum absolute atomic E-state index is 13.8. The molecule has 0 heterocycles.